The molecule has 0 spiro atoms. The van der Waals surface area contributed by atoms with E-state index in [0.717, 1.165) is 39.4 Å². The number of H-pyrrole nitrogens is 2. The molecular formula is C37H40N8O6S. The second-order valence-corrected chi connectivity index (χ2v) is 15.0. The van der Waals surface area contributed by atoms with Crippen LogP contribution in [0.15, 0.2) is 67.0 Å². The molecule has 0 radical (unpaired) electrons. The maximum Gasteiger partial charge on any atom is 0.264 e. The third-order valence-electron chi connectivity index (χ3n) is 9.60. The molecule has 6 aromatic rings. The highest BCUT2D eigenvalue weighted by Crippen LogP contribution is 2.34. The standard InChI is InChI=1S/C37H40N8O6S/c1-22-19-49-12-10-44(22)33-16-27(21-51-52(3,47)48)40-36(42-33)26-5-7-31-28(15-26)29(18-39-31)35(46)32-17-34(45-11-13-50-20-23(45)2)43-37(41-32)25-4-6-30-24(14-25)8-9-38-30/h4-9,14-18,22-23,35,38-39,46H,10-13,19-21H2,1-3H3/t22-,23-,35?/m0/s1. The summed E-state index contributed by atoms with van der Waals surface area (Å²) >= 11 is 0. The van der Waals surface area contributed by atoms with Crippen molar-refractivity contribution in [2.75, 3.05) is 55.6 Å². The summed E-state index contributed by atoms with van der Waals surface area (Å²) < 4.78 is 40.2. The van der Waals surface area contributed by atoms with Gasteiger partial charge in [0, 0.05) is 76.1 Å². The van der Waals surface area contributed by atoms with E-state index in [1.165, 1.54) is 0 Å². The number of rotatable bonds is 9. The van der Waals surface area contributed by atoms with Crippen LogP contribution in [0, 0.1) is 0 Å². The number of fused-ring (bicyclic) bond motifs is 2. The molecule has 2 aliphatic rings. The van der Waals surface area contributed by atoms with Gasteiger partial charge in [-0.05, 0) is 56.3 Å². The molecule has 3 atom stereocenters. The minimum absolute atomic E-state index is 0.0575. The summed E-state index contributed by atoms with van der Waals surface area (Å²) in [5.41, 5.74) is 4.86. The Morgan fingerprint density at radius 2 is 1.50 bits per heavy atom. The van der Waals surface area contributed by atoms with Gasteiger partial charge in [-0.1, -0.05) is 0 Å². The first-order valence-electron chi connectivity index (χ1n) is 17.3. The van der Waals surface area contributed by atoms with Gasteiger partial charge < -0.3 is 34.3 Å². The SMILES string of the molecule is C[C@H]1COCCN1c1cc(COS(C)(=O)=O)nc(-c2ccc3[nH]cc(C(O)c4cc(N5CCOC[C@@H]5C)nc(-c5ccc6[nH]ccc6c5)n4)c3c2)n1. The average molecular weight is 725 g/mol. The Morgan fingerprint density at radius 1 is 0.846 bits per heavy atom. The van der Waals surface area contributed by atoms with Crippen molar-refractivity contribution < 1.29 is 27.2 Å². The maximum absolute atomic E-state index is 12.1. The third-order valence-corrected chi connectivity index (χ3v) is 10.1. The van der Waals surface area contributed by atoms with Gasteiger partial charge in [0.1, 0.15) is 24.3 Å². The molecule has 3 N–H and O–H groups in total. The lowest BCUT2D eigenvalue weighted by molar-refractivity contribution is 0.0984. The van der Waals surface area contributed by atoms with Crippen LogP contribution in [0.25, 0.3) is 44.6 Å². The Bertz CT molecular complexity index is 2360. The largest absolute Gasteiger partial charge is 0.382 e. The number of anilines is 2. The fourth-order valence-electron chi connectivity index (χ4n) is 6.86. The molecule has 2 fully saturated rings. The predicted octanol–water partition coefficient (Wildman–Crippen LogP) is 4.57. The summed E-state index contributed by atoms with van der Waals surface area (Å²) in [6.45, 7) is 7.46. The molecule has 15 heteroatoms. The number of benzene rings is 2. The Hall–Kier alpha value is -4.93. The summed E-state index contributed by atoms with van der Waals surface area (Å²) in [6.07, 6.45) is 3.60. The van der Waals surface area contributed by atoms with E-state index in [4.69, 9.17) is 33.6 Å². The number of ether oxygens (including phenoxy) is 2. The van der Waals surface area contributed by atoms with Crippen LogP contribution in [0.3, 0.4) is 0 Å². The van der Waals surface area contributed by atoms with E-state index < -0.39 is 16.2 Å². The Labute approximate surface area is 300 Å². The van der Waals surface area contributed by atoms with Crippen LogP contribution < -0.4 is 9.80 Å². The van der Waals surface area contributed by atoms with Gasteiger partial charge in [0.15, 0.2) is 11.6 Å². The van der Waals surface area contributed by atoms with Crippen LogP contribution >= 0.6 is 0 Å². The van der Waals surface area contributed by atoms with Crippen molar-refractivity contribution in [3.8, 4) is 22.8 Å². The maximum atomic E-state index is 12.1. The molecule has 2 aliphatic heterocycles. The number of aliphatic hydroxyl groups excluding tert-OH is 1. The van der Waals surface area contributed by atoms with Gasteiger partial charge in [-0.15, -0.1) is 0 Å². The quantitative estimate of drug-likeness (QED) is 0.178. The predicted molar refractivity (Wildman–Crippen MR) is 198 cm³/mol. The van der Waals surface area contributed by atoms with Crippen molar-refractivity contribution in [2.45, 2.75) is 38.6 Å². The van der Waals surface area contributed by atoms with Crippen molar-refractivity contribution in [1.82, 2.24) is 29.9 Å². The van der Waals surface area contributed by atoms with Crippen molar-refractivity contribution in [3.05, 3.63) is 83.9 Å². The summed E-state index contributed by atoms with van der Waals surface area (Å²) in [6, 6.07) is 17.6. The lowest BCUT2D eigenvalue weighted by Gasteiger charge is -2.34. The van der Waals surface area contributed by atoms with Crippen LogP contribution in [0.1, 0.15) is 36.9 Å². The smallest absolute Gasteiger partial charge is 0.264 e. The number of morpholine rings is 2. The lowest BCUT2D eigenvalue weighted by atomic mass is 10.0. The topological polar surface area (TPSA) is 172 Å². The first-order valence-corrected chi connectivity index (χ1v) is 19.1. The zero-order valence-corrected chi connectivity index (χ0v) is 29.9. The molecule has 0 amide bonds. The Kier molecular flexibility index (Phi) is 9.13. The molecule has 8 rings (SSSR count). The molecule has 2 aromatic carbocycles. The summed E-state index contributed by atoms with van der Waals surface area (Å²) in [4.78, 5) is 30.4. The number of aromatic amines is 2. The molecule has 2 saturated heterocycles. The molecule has 6 heterocycles. The highest BCUT2D eigenvalue weighted by atomic mass is 32.2. The van der Waals surface area contributed by atoms with E-state index in [1.54, 1.807) is 12.3 Å². The zero-order valence-electron chi connectivity index (χ0n) is 29.1. The number of nitrogens with zero attached hydrogens (tertiary/aromatic N) is 6. The van der Waals surface area contributed by atoms with Gasteiger partial charge in [0.05, 0.1) is 56.2 Å². The second-order valence-electron chi connectivity index (χ2n) is 13.4. The van der Waals surface area contributed by atoms with Gasteiger partial charge in [0.2, 0.25) is 0 Å². The molecule has 14 nitrogen and oxygen atoms in total. The fraction of sp³-hybridized carbons (Fsp3) is 0.351. The van der Waals surface area contributed by atoms with Gasteiger partial charge in [-0.3, -0.25) is 4.18 Å². The monoisotopic (exact) mass is 724 g/mol. The summed E-state index contributed by atoms with van der Waals surface area (Å²) in [7, 11) is -3.70. The van der Waals surface area contributed by atoms with Gasteiger partial charge >= 0.3 is 0 Å². The van der Waals surface area contributed by atoms with Crippen LogP contribution in [0.4, 0.5) is 11.6 Å². The van der Waals surface area contributed by atoms with Crippen LogP contribution in [0.2, 0.25) is 0 Å². The van der Waals surface area contributed by atoms with E-state index in [2.05, 4.69) is 33.6 Å². The highest BCUT2D eigenvalue weighted by Gasteiger charge is 2.26. The minimum atomic E-state index is -3.70. The van der Waals surface area contributed by atoms with Crippen molar-refractivity contribution >= 4 is 43.6 Å². The number of hydrogen-bond acceptors (Lipinski definition) is 12. The number of hydrogen-bond donors (Lipinski definition) is 3. The van der Waals surface area contributed by atoms with Gasteiger partial charge in [0.25, 0.3) is 10.1 Å². The van der Waals surface area contributed by atoms with Crippen molar-refractivity contribution in [1.29, 1.82) is 0 Å². The first kappa shape index (κ1) is 34.2. The number of aromatic nitrogens is 6. The molecule has 0 aliphatic carbocycles. The third kappa shape index (κ3) is 6.97. The van der Waals surface area contributed by atoms with Crippen molar-refractivity contribution in [2.24, 2.45) is 0 Å². The molecule has 52 heavy (non-hydrogen) atoms. The molecular weight excluding hydrogens is 685 g/mol. The van der Waals surface area contributed by atoms with Gasteiger partial charge in [-0.25, -0.2) is 19.9 Å². The molecule has 0 bridgehead atoms. The van der Waals surface area contributed by atoms with E-state index in [-0.39, 0.29) is 18.7 Å². The molecule has 4 aromatic heterocycles. The lowest BCUT2D eigenvalue weighted by Crippen LogP contribution is -2.44. The highest BCUT2D eigenvalue weighted by molar-refractivity contribution is 7.85. The first-order chi connectivity index (χ1) is 25.1. The average Bonchev–Trinajstić information content (AvgIpc) is 3.80. The zero-order chi connectivity index (χ0) is 36.0. The minimum Gasteiger partial charge on any atom is -0.382 e. The van der Waals surface area contributed by atoms with E-state index in [9.17, 15) is 13.5 Å². The summed E-state index contributed by atoms with van der Waals surface area (Å²) in [5.74, 6) is 2.29. The summed E-state index contributed by atoms with van der Waals surface area (Å²) in [5, 5.41) is 13.9. The molecule has 0 saturated carbocycles. The molecule has 270 valence electrons. The van der Waals surface area contributed by atoms with E-state index in [0.29, 0.717) is 79.5 Å². The van der Waals surface area contributed by atoms with Crippen LogP contribution in [-0.2, 0) is 30.4 Å². The van der Waals surface area contributed by atoms with Crippen LogP contribution in [0.5, 0.6) is 0 Å². The van der Waals surface area contributed by atoms with E-state index >= 15 is 0 Å². The van der Waals surface area contributed by atoms with E-state index in [1.807, 2.05) is 54.7 Å². The van der Waals surface area contributed by atoms with Gasteiger partial charge in [-0.2, -0.15) is 8.42 Å². The number of nitrogens with one attached hydrogen (secondary N) is 2. The number of aliphatic hydroxyl groups is 1. The fourth-order valence-corrected chi connectivity index (χ4v) is 7.20. The second kappa shape index (κ2) is 13.9. The Morgan fingerprint density at radius 3 is 2.19 bits per heavy atom. The van der Waals surface area contributed by atoms with Crippen molar-refractivity contribution in [3.63, 3.8) is 0 Å². The molecule has 1 unspecified atom stereocenters. The van der Waals surface area contributed by atoms with Crippen LogP contribution in [-0.4, -0.2) is 101 Å². The Balaban J connectivity index is 1.20. The normalized spacial score (nSPS) is 19.1.